The van der Waals surface area contributed by atoms with Gasteiger partial charge in [-0.15, -0.1) is 11.3 Å². The largest absolute Gasteiger partial charge is 0.312 e. The number of nitrogens with two attached hydrogens (primary N) is 1. The molecule has 0 radical (unpaired) electrons. The van der Waals surface area contributed by atoms with Gasteiger partial charge in [0.1, 0.15) is 10.9 Å². The van der Waals surface area contributed by atoms with Crippen LogP contribution in [0, 0.1) is 11.3 Å². The number of primary sulfonamides is 1. The number of nitriles is 1. The fourth-order valence-corrected chi connectivity index (χ4v) is 2.46. The van der Waals surface area contributed by atoms with E-state index in [-0.39, 0.29) is 5.75 Å². The summed E-state index contributed by atoms with van der Waals surface area (Å²) in [4.78, 5) is 1.74. The van der Waals surface area contributed by atoms with Crippen LogP contribution in [0.5, 0.6) is 0 Å². The number of nitrogens with one attached hydrogen (secondary N) is 1. The third kappa shape index (κ3) is 5.23. The van der Waals surface area contributed by atoms with Gasteiger partial charge in [0.05, 0.1) is 5.75 Å². The molecule has 0 bridgehead atoms. The Morgan fingerprint density at radius 1 is 1.50 bits per heavy atom. The molecule has 1 aromatic heterocycles. The fourth-order valence-electron chi connectivity index (χ4n) is 1.14. The van der Waals surface area contributed by atoms with Crippen molar-refractivity contribution in [3.8, 4) is 6.07 Å². The Bertz CT molecular complexity index is 473. The van der Waals surface area contributed by atoms with Crippen molar-refractivity contribution in [3.63, 3.8) is 0 Å². The van der Waals surface area contributed by atoms with Gasteiger partial charge in [0, 0.05) is 11.4 Å². The summed E-state index contributed by atoms with van der Waals surface area (Å²) < 4.78 is 21.2. The monoisotopic (exact) mass is 259 g/mol. The molecular weight excluding hydrogens is 246 g/mol. The highest BCUT2D eigenvalue weighted by molar-refractivity contribution is 7.89. The number of sulfonamides is 1. The molecule has 88 valence electrons. The van der Waals surface area contributed by atoms with E-state index < -0.39 is 10.0 Å². The van der Waals surface area contributed by atoms with Crippen molar-refractivity contribution in [2.24, 2.45) is 5.14 Å². The van der Waals surface area contributed by atoms with Crippen LogP contribution in [-0.2, 0) is 16.6 Å². The van der Waals surface area contributed by atoms with E-state index in [1.165, 1.54) is 11.3 Å². The molecule has 0 aliphatic carbocycles. The second kappa shape index (κ2) is 5.96. The van der Waals surface area contributed by atoms with E-state index in [0.717, 1.165) is 4.88 Å². The van der Waals surface area contributed by atoms with Gasteiger partial charge in [-0.2, -0.15) is 5.26 Å². The molecule has 1 rings (SSSR count). The standard InChI is InChI=1S/C9H13N3O2S2/c10-6-8-2-3-9(15-8)7-12-4-1-5-16(11,13)14/h2-3,12H,1,4-5,7H2,(H2,11,13,14). The van der Waals surface area contributed by atoms with Gasteiger partial charge in [-0.25, -0.2) is 13.6 Å². The van der Waals surface area contributed by atoms with E-state index in [9.17, 15) is 8.42 Å². The maximum atomic E-state index is 10.6. The maximum absolute atomic E-state index is 10.6. The number of hydrogen-bond donors (Lipinski definition) is 2. The summed E-state index contributed by atoms with van der Waals surface area (Å²) in [7, 11) is -3.35. The zero-order chi connectivity index (χ0) is 12.0. The number of rotatable bonds is 6. The Hall–Kier alpha value is -0.940. The minimum Gasteiger partial charge on any atom is -0.312 e. The maximum Gasteiger partial charge on any atom is 0.209 e. The summed E-state index contributed by atoms with van der Waals surface area (Å²) in [5.41, 5.74) is 0. The van der Waals surface area contributed by atoms with Crippen molar-refractivity contribution in [1.29, 1.82) is 5.26 Å². The van der Waals surface area contributed by atoms with E-state index in [1.54, 1.807) is 6.07 Å². The van der Waals surface area contributed by atoms with E-state index in [2.05, 4.69) is 11.4 Å². The zero-order valence-electron chi connectivity index (χ0n) is 8.64. The van der Waals surface area contributed by atoms with Gasteiger partial charge in [0.2, 0.25) is 10.0 Å². The predicted molar refractivity (Wildman–Crippen MR) is 63.3 cm³/mol. The molecule has 1 heterocycles. The van der Waals surface area contributed by atoms with E-state index >= 15 is 0 Å². The average Bonchev–Trinajstić information content (AvgIpc) is 2.63. The summed E-state index contributed by atoms with van der Waals surface area (Å²) in [6.07, 6.45) is 0.495. The third-order valence-corrected chi connectivity index (χ3v) is 3.70. The predicted octanol–water partition coefficient (Wildman–Crippen LogP) is 0.388. The van der Waals surface area contributed by atoms with Crippen LogP contribution >= 0.6 is 11.3 Å². The Kier molecular flexibility index (Phi) is 4.89. The van der Waals surface area contributed by atoms with Crippen LogP contribution in [0.15, 0.2) is 12.1 Å². The lowest BCUT2D eigenvalue weighted by molar-refractivity contribution is 0.590. The van der Waals surface area contributed by atoms with Crippen LogP contribution in [0.3, 0.4) is 0 Å². The number of hydrogen-bond acceptors (Lipinski definition) is 5. The summed E-state index contributed by atoms with van der Waals surface area (Å²) in [6.45, 7) is 1.24. The van der Waals surface area contributed by atoms with Crippen LogP contribution < -0.4 is 10.5 Å². The molecule has 0 amide bonds. The fraction of sp³-hybridized carbons (Fsp3) is 0.444. The normalized spacial score (nSPS) is 11.2. The summed E-state index contributed by atoms with van der Waals surface area (Å²) >= 11 is 1.43. The first kappa shape index (κ1) is 13.1. The lowest BCUT2D eigenvalue weighted by atomic mass is 10.4. The molecule has 0 atom stereocenters. The first-order valence-electron chi connectivity index (χ1n) is 4.71. The molecule has 16 heavy (non-hydrogen) atoms. The summed E-state index contributed by atoms with van der Waals surface area (Å²) in [6, 6.07) is 5.72. The Labute approximate surface area is 98.9 Å². The van der Waals surface area contributed by atoms with Gasteiger partial charge in [-0.1, -0.05) is 0 Å². The first-order valence-corrected chi connectivity index (χ1v) is 7.24. The highest BCUT2D eigenvalue weighted by atomic mass is 32.2. The molecule has 3 N–H and O–H groups in total. The van der Waals surface area contributed by atoms with Gasteiger partial charge in [-0.05, 0) is 25.1 Å². The van der Waals surface area contributed by atoms with Crippen molar-refractivity contribution >= 4 is 21.4 Å². The third-order valence-electron chi connectivity index (χ3n) is 1.85. The Morgan fingerprint density at radius 2 is 2.25 bits per heavy atom. The molecule has 5 nitrogen and oxygen atoms in total. The van der Waals surface area contributed by atoms with Crippen LogP contribution in [0.1, 0.15) is 16.2 Å². The lowest BCUT2D eigenvalue weighted by Gasteiger charge is -2.01. The minimum atomic E-state index is -3.35. The van der Waals surface area contributed by atoms with Crippen LogP contribution in [0.25, 0.3) is 0 Å². The number of nitrogens with zero attached hydrogens (tertiary/aromatic N) is 1. The molecule has 0 unspecified atom stereocenters. The smallest absolute Gasteiger partial charge is 0.209 e. The molecule has 0 aliphatic heterocycles. The molecule has 0 aromatic carbocycles. The Morgan fingerprint density at radius 3 is 2.81 bits per heavy atom. The quantitative estimate of drug-likeness (QED) is 0.722. The second-order valence-corrected chi connectivity index (χ2v) is 6.18. The van der Waals surface area contributed by atoms with Gasteiger partial charge >= 0.3 is 0 Å². The second-order valence-electron chi connectivity index (χ2n) is 3.28. The van der Waals surface area contributed by atoms with Gasteiger partial charge in [-0.3, -0.25) is 0 Å². The molecule has 0 spiro atoms. The molecule has 0 saturated heterocycles. The topological polar surface area (TPSA) is 96.0 Å². The van der Waals surface area contributed by atoms with Crippen molar-refractivity contribution < 1.29 is 8.42 Å². The van der Waals surface area contributed by atoms with Crippen molar-refractivity contribution in [2.45, 2.75) is 13.0 Å². The van der Waals surface area contributed by atoms with E-state index in [1.807, 2.05) is 6.07 Å². The zero-order valence-corrected chi connectivity index (χ0v) is 10.3. The SMILES string of the molecule is N#Cc1ccc(CNCCCS(N)(=O)=O)s1. The van der Waals surface area contributed by atoms with Gasteiger partial charge < -0.3 is 5.32 Å². The van der Waals surface area contributed by atoms with Crippen molar-refractivity contribution in [3.05, 3.63) is 21.9 Å². The Balaban J connectivity index is 2.19. The molecule has 1 aromatic rings. The highest BCUT2D eigenvalue weighted by Crippen LogP contribution is 2.14. The minimum absolute atomic E-state index is 0.00607. The molecular formula is C9H13N3O2S2. The summed E-state index contributed by atoms with van der Waals surface area (Å²) in [5.74, 6) is -0.00607. The van der Waals surface area contributed by atoms with Gasteiger partial charge in [0.15, 0.2) is 0 Å². The highest BCUT2D eigenvalue weighted by Gasteiger charge is 2.02. The van der Waals surface area contributed by atoms with E-state index in [4.69, 9.17) is 10.4 Å². The van der Waals surface area contributed by atoms with Crippen molar-refractivity contribution in [1.82, 2.24) is 5.32 Å². The first-order chi connectivity index (χ1) is 7.51. The average molecular weight is 259 g/mol. The molecule has 0 fully saturated rings. The van der Waals surface area contributed by atoms with Crippen LogP contribution in [-0.4, -0.2) is 20.7 Å². The van der Waals surface area contributed by atoms with Crippen molar-refractivity contribution in [2.75, 3.05) is 12.3 Å². The molecule has 7 heteroatoms. The number of thiophene rings is 1. The summed E-state index contributed by atoms with van der Waals surface area (Å²) in [5, 5.41) is 16.6. The van der Waals surface area contributed by atoms with Crippen LogP contribution in [0.4, 0.5) is 0 Å². The van der Waals surface area contributed by atoms with Gasteiger partial charge in [0.25, 0.3) is 0 Å². The van der Waals surface area contributed by atoms with E-state index in [0.29, 0.717) is 24.4 Å². The molecule has 0 saturated carbocycles. The lowest BCUT2D eigenvalue weighted by Crippen LogP contribution is -2.21. The van der Waals surface area contributed by atoms with Crippen LogP contribution in [0.2, 0.25) is 0 Å². The molecule has 0 aliphatic rings.